The van der Waals surface area contributed by atoms with Gasteiger partial charge in [0.1, 0.15) is 6.04 Å². The van der Waals surface area contributed by atoms with E-state index in [1.165, 1.54) is 0 Å². The van der Waals surface area contributed by atoms with Crippen LogP contribution in [0.1, 0.15) is 40.7 Å². The lowest BCUT2D eigenvalue weighted by atomic mass is 10.00. The summed E-state index contributed by atoms with van der Waals surface area (Å²) in [5, 5.41) is 3.15. The van der Waals surface area contributed by atoms with E-state index < -0.39 is 6.04 Å². The predicted molar refractivity (Wildman–Crippen MR) is 106 cm³/mol. The summed E-state index contributed by atoms with van der Waals surface area (Å²) in [6.07, 6.45) is 2.30. The number of hydrogen-bond donors (Lipinski definition) is 1. The second-order valence-corrected chi connectivity index (χ2v) is 7.65. The number of ether oxygens (including phenoxy) is 2. The molecule has 0 saturated carbocycles. The van der Waals surface area contributed by atoms with Gasteiger partial charge in [0.05, 0.1) is 19.8 Å². The number of benzene rings is 1. The van der Waals surface area contributed by atoms with Gasteiger partial charge < -0.3 is 14.4 Å². The topological polar surface area (TPSA) is 84.9 Å². The zero-order valence-electron chi connectivity index (χ0n) is 15.7. The number of rotatable bonds is 10. The molecule has 1 unspecified atom stereocenters. The second kappa shape index (κ2) is 10.1. The molecule has 2 heterocycles. The van der Waals surface area contributed by atoms with Gasteiger partial charge in [-0.15, -0.1) is 0 Å². The van der Waals surface area contributed by atoms with E-state index in [0.717, 1.165) is 29.3 Å². The van der Waals surface area contributed by atoms with Gasteiger partial charge in [0.15, 0.2) is 0 Å². The molecule has 7 nitrogen and oxygen atoms in total. The van der Waals surface area contributed by atoms with Crippen molar-refractivity contribution >= 4 is 33.7 Å². The number of carbonyl (C=O) groups is 3. The third-order valence-electron chi connectivity index (χ3n) is 5.01. The third kappa shape index (κ3) is 4.98. The maximum atomic E-state index is 12.8. The first-order valence-corrected chi connectivity index (χ1v) is 10.7. The van der Waals surface area contributed by atoms with Crippen molar-refractivity contribution in [2.75, 3.05) is 31.8 Å². The molecule has 1 atom stereocenters. The molecule has 1 fully saturated rings. The van der Waals surface area contributed by atoms with Crippen molar-refractivity contribution in [3.05, 3.63) is 34.9 Å². The highest BCUT2D eigenvalue weighted by Crippen LogP contribution is 2.30. The molecule has 1 N–H and O–H groups in total. The number of aryl methyl sites for hydroxylation is 1. The van der Waals surface area contributed by atoms with Crippen LogP contribution >= 0.6 is 15.9 Å². The van der Waals surface area contributed by atoms with Crippen LogP contribution in [-0.2, 0) is 32.0 Å². The molecule has 0 aromatic heterocycles. The van der Waals surface area contributed by atoms with Crippen molar-refractivity contribution in [1.29, 1.82) is 0 Å². The number of hydrogen-bond acceptors (Lipinski definition) is 5. The molecule has 3 amide bonds. The molecule has 0 bridgehead atoms. The second-order valence-electron chi connectivity index (χ2n) is 6.86. The smallest absolute Gasteiger partial charge is 0.255 e. The number of imide groups is 1. The number of fused-ring (bicyclic) bond motifs is 1. The SMILES string of the molecule is O=C1CCC(N2Cc3c(CCCOCCOCCBr)cccc3C2=O)C(=O)N1. The standard InChI is InChI=1S/C20H25BrN2O5/c21-8-10-28-12-11-27-9-2-4-14-3-1-5-15-16(14)13-23(20(15)26)17-6-7-18(24)22-19(17)25/h1,3,5,17H,2,4,6-13H2,(H,22,24,25). The highest BCUT2D eigenvalue weighted by Gasteiger charge is 2.39. The van der Waals surface area contributed by atoms with E-state index in [1.54, 1.807) is 4.90 Å². The largest absolute Gasteiger partial charge is 0.379 e. The first-order valence-electron chi connectivity index (χ1n) is 9.58. The van der Waals surface area contributed by atoms with Crippen LogP contribution in [0.5, 0.6) is 0 Å². The number of nitrogens with zero attached hydrogens (tertiary/aromatic N) is 1. The summed E-state index contributed by atoms with van der Waals surface area (Å²) in [4.78, 5) is 37.9. The van der Waals surface area contributed by atoms with Crippen molar-refractivity contribution in [3.63, 3.8) is 0 Å². The quantitative estimate of drug-likeness (QED) is 0.332. The highest BCUT2D eigenvalue weighted by molar-refractivity contribution is 9.09. The van der Waals surface area contributed by atoms with E-state index in [1.807, 2.05) is 18.2 Å². The molecule has 152 valence electrons. The number of halogens is 1. The predicted octanol–water partition coefficient (Wildman–Crippen LogP) is 1.81. The number of carbonyl (C=O) groups excluding carboxylic acids is 3. The van der Waals surface area contributed by atoms with Crippen LogP contribution in [0.4, 0.5) is 0 Å². The number of amides is 3. The van der Waals surface area contributed by atoms with E-state index in [9.17, 15) is 14.4 Å². The molecule has 8 heteroatoms. The van der Waals surface area contributed by atoms with Crippen molar-refractivity contribution in [2.45, 2.75) is 38.3 Å². The van der Waals surface area contributed by atoms with Crippen LogP contribution in [0.15, 0.2) is 18.2 Å². The summed E-state index contributed by atoms with van der Waals surface area (Å²) in [5.74, 6) is -0.787. The van der Waals surface area contributed by atoms with Gasteiger partial charge >= 0.3 is 0 Å². The van der Waals surface area contributed by atoms with Crippen molar-refractivity contribution < 1.29 is 23.9 Å². The van der Waals surface area contributed by atoms with Crippen molar-refractivity contribution in [3.8, 4) is 0 Å². The van der Waals surface area contributed by atoms with Gasteiger partial charge in [0, 0.05) is 30.5 Å². The van der Waals surface area contributed by atoms with E-state index in [0.29, 0.717) is 45.0 Å². The van der Waals surface area contributed by atoms with Crippen LogP contribution in [0.3, 0.4) is 0 Å². The Morgan fingerprint density at radius 2 is 1.89 bits per heavy atom. The molecular weight excluding hydrogens is 428 g/mol. The van der Waals surface area contributed by atoms with Gasteiger partial charge in [0.2, 0.25) is 11.8 Å². The molecule has 2 aliphatic rings. The fourth-order valence-electron chi connectivity index (χ4n) is 3.63. The molecule has 28 heavy (non-hydrogen) atoms. The molecule has 1 aromatic rings. The van der Waals surface area contributed by atoms with Gasteiger partial charge in [-0.25, -0.2) is 0 Å². The maximum absolute atomic E-state index is 12.8. The summed E-state index contributed by atoms with van der Waals surface area (Å²) < 4.78 is 10.9. The van der Waals surface area contributed by atoms with Gasteiger partial charge in [-0.2, -0.15) is 0 Å². The lowest BCUT2D eigenvalue weighted by Gasteiger charge is -2.29. The Labute approximate surface area is 172 Å². The summed E-state index contributed by atoms with van der Waals surface area (Å²) >= 11 is 3.30. The van der Waals surface area contributed by atoms with E-state index in [-0.39, 0.29) is 24.1 Å². The average Bonchev–Trinajstić information content (AvgIpc) is 3.01. The minimum absolute atomic E-state index is 0.133. The molecule has 1 saturated heterocycles. The molecule has 0 radical (unpaired) electrons. The summed E-state index contributed by atoms with van der Waals surface area (Å²) in [5.41, 5.74) is 2.75. The zero-order valence-corrected chi connectivity index (χ0v) is 17.3. The van der Waals surface area contributed by atoms with Gasteiger partial charge in [-0.3, -0.25) is 19.7 Å². The Hall–Kier alpha value is -1.77. The van der Waals surface area contributed by atoms with Crippen LogP contribution in [0.25, 0.3) is 0 Å². The number of piperidine rings is 1. The molecule has 3 rings (SSSR count). The van der Waals surface area contributed by atoms with E-state index in [4.69, 9.17) is 9.47 Å². The Morgan fingerprint density at radius 1 is 1.11 bits per heavy atom. The first-order chi connectivity index (χ1) is 13.6. The fraction of sp³-hybridized carbons (Fsp3) is 0.550. The molecule has 1 aromatic carbocycles. The van der Waals surface area contributed by atoms with Gasteiger partial charge in [-0.05, 0) is 36.5 Å². The van der Waals surface area contributed by atoms with Gasteiger partial charge in [0.25, 0.3) is 5.91 Å². The normalized spacial score (nSPS) is 19.1. The van der Waals surface area contributed by atoms with Gasteiger partial charge in [-0.1, -0.05) is 28.1 Å². The number of nitrogens with one attached hydrogen (secondary N) is 1. The zero-order chi connectivity index (χ0) is 19.9. The van der Waals surface area contributed by atoms with Crippen molar-refractivity contribution in [1.82, 2.24) is 10.2 Å². The van der Waals surface area contributed by atoms with E-state index in [2.05, 4.69) is 21.2 Å². The van der Waals surface area contributed by atoms with Crippen molar-refractivity contribution in [2.24, 2.45) is 0 Å². The third-order valence-corrected chi connectivity index (χ3v) is 5.33. The van der Waals surface area contributed by atoms with Crippen LogP contribution in [-0.4, -0.2) is 60.4 Å². The lowest BCUT2D eigenvalue weighted by molar-refractivity contribution is -0.136. The average molecular weight is 453 g/mol. The van der Waals surface area contributed by atoms with Crippen LogP contribution < -0.4 is 5.32 Å². The first kappa shape index (κ1) is 21.0. The minimum Gasteiger partial charge on any atom is -0.379 e. The van der Waals surface area contributed by atoms with Crippen LogP contribution in [0, 0.1) is 0 Å². The Balaban J connectivity index is 1.54. The summed E-state index contributed by atoms with van der Waals surface area (Å²) in [6, 6.07) is 5.15. The fourth-order valence-corrected chi connectivity index (χ4v) is 3.85. The summed E-state index contributed by atoms with van der Waals surface area (Å²) in [6.45, 7) is 2.88. The molecular formula is C20H25BrN2O5. The van der Waals surface area contributed by atoms with Crippen LogP contribution in [0.2, 0.25) is 0 Å². The number of alkyl halides is 1. The highest BCUT2D eigenvalue weighted by atomic mass is 79.9. The monoisotopic (exact) mass is 452 g/mol. The van der Waals surface area contributed by atoms with E-state index >= 15 is 0 Å². The Bertz CT molecular complexity index is 739. The molecule has 0 aliphatic carbocycles. The minimum atomic E-state index is -0.576. The summed E-state index contributed by atoms with van der Waals surface area (Å²) in [7, 11) is 0. The maximum Gasteiger partial charge on any atom is 0.255 e. The lowest BCUT2D eigenvalue weighted by Crippen LogP contribution is -2.52. The molecule has 2 aliphatic heterocycles. The molecule has 0 spiro atoms. The Kier molecular flexibility index (Phi) is 7.58. The Morgan fingerprint density at radius 3 is 2.64 bits per heavy atom.